The molecule has 0 radical (unpaired) electrons. The molecule has 1 atom stereocenters. The highest BCUT2D eigenvalue weighted by molar-refractivity contribution is 9.11. The number of ether oxygens (including phenoxy) is 1. The minimum atomic E-state index is -3.60. The summed E-state index contributed by atoms with van der Waals surface area (Å²) in [5, 5.41) is 3.38. The van der Waals surface area contributed by atoms with Crippen LogP contribution >= 0.6 is 38.6 Å². The molecule has 1 aliphatic heterocycles. The van der Waals surface area contributed by atoms with Crippen LogP contribution in [-0.2, 0) is 14.8 Å². The molecule has 7 nitrogen and oxygen atoms in total. The van der Waals surface area contributed by atoms with Gasteiger partial charge in [-0.25, -0.2) is 13.4 Å². The van der Waals surface area contributed by atoms with E-state index in [1.54, 1.807) is 12.1 Å². The third-order valence-corrected chi connectivity index (χ3v) is 9.69. The maximum Gasteiger partial charge on any atom is 0.252 e. The molecule has 4 rings (SSSR count). The Morgan fingerprint density at radius 1 is 1.33 bits per heavy atom. The number of hydrogen-bond acceptors (Lipinski definition) is 7. The van der Waals surface area contributed by atoms with Gasteiger partial charge in [0.05, 0.1) is 26.5 Å². The maximum absolute atomic E-state index is 12.9. The molecule has 0 unspecified atom stereocenters. The Hall–Kier alpha value is -1.53. The topological polar surface area (TPSA) is 88.6 Å². The minimum absolute atomic E-state index is 0.170. The van der Waals surface area contributed by atoms with Gasteiger partial charge in [0.25, 0.3) is 10.0 Å². The predicted molar refractivity (Wildman–Crippen MR) is 123 cm³/mol. The molecule has 1 N–H and O–H groups in total. The summed E-state index contributed by atoms with van der Waals surface area (Å²) >= 11 is 5.86. The molecular formula is C19H20BrN3O4S3. The average Bonchev–Trinajstić information content (AvgIpc) is 3.34. The van der Waals surface area contributed by atoms with Crippen molar-refractivity contribution in [3.63, 3.8) is 0 Å². The van der Waals surface area contributed by atoms with E-state index in [2.05, 4.69) is 26.2 Å². The Morgan fingerprint density at radius 3 is 2.90 bits per heavy atom. The number of aromatic nitrogens is 1. The van der Waals surface area contributed by atoms with Crippen molar-refractivity contribution < 1.29 is 17.9 Å². The molecule has 0 saturated carbocycles. The molecule has 1 aromatic carbocycles. The van der Waals surface area contributed by atoms with Gasteiger partial charge in [-0.1, -0.05) is 11.3 Å². The van der Waals surface area contributed by atoms with Crippen LogP contribution in [0.15, 0.2) is 38.3 Å². The number of anilines is 1. The number of rotatable bonds is 6. The third kappa shape index (κ3) is 4.54. The van der Waals surface area contributed by atoms with Crippen molar-refractivity contribution in [2.75, 3.05) is 25.0 Å². The zero-order valence-electron chi connectivity index (χ0n) is 16.1. The molecule has 11 heteroatoms. The van der Waals surface area contributed by atoms with E-state index in [4.69, 9.17) is 4.74 Å². The summed E-state index contributed by atoms with van der Waals surface area (Å²) in [6.45, 7) is 3.09. The molecule has 1 aliphatic rings. The number of thiophene rings is 1. The number of carbonyl (C=O) groups is 1. The summed E-state index contributed by atoms with van der Waals surface area (Å²) in [6.07, 6.45) is 1.28. The molecule has 2 aromatic heterocycles. The van der Waals surface area contributed by atoms with Gasteiger partial charge in [0, 0.05) is 13.1 Å². The number of thiazole rings is 1. The maximum atomic E-state index is 12.9. The van der Waals surface area contributed by atoms with E-state index in [1.165, 1.54) is 27.0 Å². The molecule has 0 bridgehead atoms. The van der Waals surface area contributed by atoms with Crippen molar-refractivity contribution in [3.8, 4) is 5.75 Å². The lowest BCUT2D eigenvalue weighted by Gasteiger charge is -2.30. The Bertz CT molecular complexity index is 1170. The van der Waals surface area contributed by atoms with Gasteiger partial charge in [-0.3, -0.25) is 4.79 Å². The molecule has 3 aromatic rings. The SMILES string of the molecule is CCOc1ccc2nc(NC(=O)[C@@H]3CCCN(S(=O)(=O)c4ccc(Br)s4)C3)sc2c1. The van der Waals surface area contributed by atoms with Crippen molar-refractivity contribution in [1.82, 2.24) is 9.29 Å². The number of amides is 1. The van der Waals surface area contributed by atoms with E-state index in [-0.39, 0.29) is 16.7 Å². The number of hydrogen-bond donors (Lipinski definition) is 1. The lowest BCUT2D eigenvalue weighted by atomic mass is 9.99. The summed E-state index contributed by atoms with van der Waals surface area (Å²) in [6, 6.07) is 8.92. The number of piperidine rings is 1. The molecule has 1 amide bonds. The third-order valence-electron chi connectivity index (χ3n) is 4.80. The second-order valence-electron chi connectivity index (χ2n) is 6.83. The Morgan fingerprint density at radius 2 is 2.17 bits per heavy atom. The largest absolute Gasteiger partial charge is 0.494 e. The quantitative estimate of drug-likeness (QED) is 0.505. The second kappa shape index (κ2) is 8.91. The van der Waals surface area contributed by atoms with Crippen molar-refractivity contribution in [1.29, 1.82) is 0 Å². The standard InChI is InChI=1S/C19H20BrN3O4S3/c1-2-27-13-5-6-14-15(10-13)28-19(21-14)22-18(24)12-4-3-9-23(11-12)30(25,26)17-8-7-16(20)29-17/h5-8,10,12H,2-4,9,11H2,1H3,(H,21,22,24)/t12-/m1/s1. The fourth-order valence-corrected chi connectivity index (χ4v) is 7.95. The summed E-state index contributed by atoms with van der Waals surface area (Å²) in [5.41, 5.74) is 0.787. The van der Waals surface area contributed by atoms with Crippen LogP contribution in [0.4, 0.5) is 5.13 Å². The van der Waals surface area contributed by atoms with Crippen LogP contribution < -0.4 is 10.1 Å². The number of benzene rings is 1. The van der Waals surface area contributed by atoms with Gasteiger partial charge in [0.15, 0.2) is 5.13 Å². The molecular weight excluding hydrogens is 510 g/mol. The molecule has 3 heterocycles. The zero-order valence-corrected chi connectivity index (χ0v) is 20.2. The Balaban J connectivity index is 1.46. The van der Waals surface area contributed by atoms with Gasteiger partial charge < -0.3 is 10.1 Å². The first-order valence-electron chi connectivity index (χ1n) is 9.46. The van der Waals surface area contributed by atoms with Crippen molar-refractivity contribution in [3.05, 3.63) is 34.1 Å². The van der Waals surface area contributed by atoms with Crippen LogP contribution in [0.5, 0.6) is 5.75 Å². The van der Waals surface area contributed by atoms with E-state index in [0.29, 0.717) is 31.1 Å². The highest BCUT2D eigenvalue weighted by atomic mass is 79.9. The van der Waals surface area contributed by atoms with Crippen molar-refractivity contribution >= 4 is 69.9 Å². The normalized spacial score (nSPS) is 17.9. The summed E-state index contributed by atoms with van der Waals surface area (Å²) in [5.74, 6) is 0.147. The van der Waals surface area contributed by atoms with Gasteiger partial charge >= 0.3 is 0 Å². The van der Waals surface area contributed by atoms with E-state index in [1.807, 2.05) is 25.1 Å². The van der Waals surface area contributed by atoms with Gasteiger partial charge in [-0.2, -0.15) is 4.31 Å². The minimum Gasteiger partial charge on any atom is -0.494 e. The average molecular weight is 530 g/mol. The van der Waals surface area contributed by atoms with Crippen LogP contribution in [0.1, 0.15) is 19.8 Å². The van der Waals surface area contributed by atoms with E-state index < -0.39 is 15.9 Å². The Kier molecular flexibility index (Phi) is 6.44. The molecule has 1 saturated heterocycles. The summed E-state index contributed by atoms with van der Waals surface area (Å²) in [4.78, 5) is 17.3. The lowest BCUT2D eigenvalue weighted by molar-refractivity contribution is -0.120. The smallest absolute Gasteiger partial charge is 0.252 e. The highest BCUT2D eigenvalue weighted by Gasteiger charge is 2.34. The molecule has 160 valence electrons. The lowest BCUT2D eigenvalue weighted by Crippen LogP contribution is -2.43. The van der Waals surface area contributed by atoms with Crippen LogP contribution in [0.2, 0.25) is 0 Å². The molecule has 0 spiro atoms. The van der Waals surface area contributed by atoms with E-state index in [9.17, 15) is 13.2 Å². The van der Waals surface area contributed by atoms with Gasteiger partial charge in [0.1, 0.15) is 9.96 Å². The first-order valence-corrected chi connectivity index (χ1v) is 13.3. The summed E-state index contributed by atoms with van der Waals surface area (Å²) in [7, 11) is -3.60. The van der Waals surface area contributed by atoms with Crippen molar-refractivity contribution in [2.24, 2.45) is 5.92 Å². The predicted octanol–water partition coefficient (Wildman–Crippen LogP) is 4.56. The summed E-state index contributed by atoms with van der Waals surface area (Å²) < 4.78 is 34.7. The number of nitrogens with one attached hydrogen (secondary N) is 1. The van der Waals surface area contributed by atoms with Crippen molar-refractivity contribution in [2.45, 2.75) is 24.0 Å². The molecule has 30 heavy (non-hydrogen) atoms. The molecule has 0 aliphatic carbocycles. The van der Waals surface area contributed by atoms with Gasteiger partial charge in [0.2, 0.25) is 5.91 Å². The van der Waals surface area contributed by atoms with Crippen LogP contribution in [0.25, 0.3) is 10.2 Å². The Labute approximate surface area is 191 Å². The number of fused-ring (bicyclic) bond motifs is 1. The first kappa shape index (κ1) is 21.7. The fourth-order valence-electron chi connectivity index (χ4n) is 3.36. The van der Waals surface area contributed by atoms with Crippen LogP contribution in [0, 0.1) is 5.92 Å². The number of nitrogens with zero attached hydrogens (tertiary/aromatic N) is 2. The number of sulfonamides is 1. The highest BCUT2D eigenvalue weighted by Crippen LogP contribution is 2.32. The van der Waals surface area contributed by atoms with E-state index in [0.717, 1.165) is 19.8 Å². The molecule has 1 fully saturated rings. The zero-order chi connectivity index (χ0) is 21.3. The van der Waals surface area contributed by atoms with E-state index >= 15 is 0 Å². The second-order valence-corrected chi connectivity index (χ2v) is 12.5. The number of carbonyl (C=O) groups excluding carboxylic acids is 1. The van der Waals surface area contributed by atoms with Gasteiger partial charge in [-0.15, -0.1) is 11.3 Å². The number of halogens is 1. The fraction of sp³-hybridized carbons (Fsp3) is 0.368. The van der Waals surface area contributed by atoms with Gasteiger partial charge in [-0.05, 0) is 66.0 Å². The van der Waals surface area contributed by atoms with Crippen LogP contribution in [0.3, 0.4) is 0 Å². The van der Waals surface area contributed by atoms with Crippen LogP contribution in [-0.4, -0.2) is 43.3 Å². The first-order chi connectivity index (χ1) is 14.4. The monoisotopic (exact) mass is 529 g/mol.